The van der Waals surface area contributed by atoms with Crippen LogP contribution >= 0.6 is 11.3 Å². The molecule has 1 aromatic carbocycles. The van der Waals surface area contributed by atoms with Gasteiger partial charge in [0.25, 0.3) is 0 Å². The molecule has 6 heteroatoms. The van der Waals surface area contributed by atoms with Gasteiger partial charge in [-0.05, 0) is 61.8 Å². The molecule has 0 unspecified atom stereocenters. The summed E-state index contributed by atoms with van der Waals surface area (Å²) in [5.41, 5.74) is 1.29. The highest BCUT2D eigenvalue weighted by atomic mass is 32.1. The number of amides is 1. The number of aliphatic hydroxyl groups excluding tert-OH is 1. The van der Waals surface area contributed by atoms with Crippen LogP contribution in [0.1, 0.15) is 59.1 Å². The number of aliphatic hydroxyl groups is 1. The molecule has 0 radical (unpaired) electrons. The minimum Gasteiger partial charge on any atom is -0.477 e. The van der Waals surface area contributed by atoms with Gasteiger partial charge in [0.15, 0.2) is 0 Å². The van der Waals surface area contributed by atoms with E-state index in [0.717, 1.165) is 30.6 Å². The van der Waals surface area contributed by atoms with Gasteiger partial charge in [0.1, 0.15) is 4.88 Å². The molecule has 166 valence electrons. The molecule has 1 fully saturated rings. The Kier molecular flexibility index (Phi) is 8.43. The third-order valence-electron chi connectivity index (χ3n) is 6.06. The fourth-order valence-corrected chi connectivity index (χ4v) is 4.84. The molecular formula is C25H31NO4S. The maximum Gasteiger partial charge on any atom is 0.345 e. The van der Waals surface area contributed by atoms with Crippen LogP contribution in [0.5, 0.6) is 0 Å². The molecule has 2 heterocycles. The number of nitrogens with zero attached hydrogens (tertiary/aromatic N) is 1. The Balaban J connectivity index is 1.45. The van der Waals surface area contributed by atoms with Crippen LogP contribution in [0.15, 0.2) is 48.5 Å². The Morgan fingerprint density at radius 2 is 2.00 bits per heavy atom. The molecular weight excluding hydrogens is 410 g/mol. The van der Waals surface area contributed by atoms with E-state index in [1.807, 2.05) is 35.3 Å². The van der Waals surface area contributed by atoms with E-state index in [-0.39, 0.29) is 24.0 Å². The first-order valence-corrected chi connectivity index (χ1v) is 11.8. The summed E-state index contributed by atoms with van der Waals surface area (Å²) in [7, 11) is 0. The van der Waals surface area contributed by atoms with E-state index >= 15 is 0 Å². The van der Waals surface area contributed by atoms with Crippen LogP contribution in [0.3, 0.4) is 0 Å². The van der Waals surface area contributed by atoms with Gasteiger partial charge in [-0.15, -0.1) is 11.3 Å². The second-order valence-electron chi connectivity index (χ2n) is 8.29. The third-order valence-corrected chi connectivity index (χ3v) is 7.10. The summed E-state index contributed by atoms with van der Waals surface area (Å²) in [6.07, 6.45) is 8.23. The van der Waals surface area contributed by atoms with Crippen LogP contribution < -0.4 is 0 Å². The van der Waals surface area contributed by atoms with E-state index in [9.17, 15) is 14.7 Å². The average Bonchev–Trinajstić information content (AvgIpc) is 3.38. The number of aromatic carboxylic acids is 1. The Labute approximate surface area is 188 Å². The number of likely N-dealkylation sites (tertiary alicyclic amines) is 1. The van der Waals surface area contributed by atoms with E-state index in [1.54, 1.807) is 12.1 Å². The van der Waals surface area contributed by atoms with Crippen molar-refractivity contribution < 1.29 is 19.8 Å². The Hall–Kier alpha value is -2.44. The molecule has 5 nitrogen and oxygen atoms in total. The number of benzene rings is 1. The van der Waals surface area contributed by atoms with Gasteiger partial charge < -0.3 is 15.1 Å². The van der Waals surface area contributed by atoms with Crippen molar-refractivity contribution in [3.8, 4) is 0 Å². The minimum absolute atomic E-state index is 0.152. The molecule has 31 heavy (non-hydrogen) atoms. The maximum absolute atomic E-state index is 12.3. The van der Waals surface area contributed by atoms with Gasteiger partial charge in [0, 0.05) is 23.9 Å². The van der Waals surface area contributed by atoms with Crippen molar-refractivity contribution in [2.24, 2.45) is 5.92 Å². The molecule has 0 bridgehead atoms. The molecule has 1 aliphatic heterocycles. The highest BCUT2D eigenvalue weighted by Crippen LogP contribution is 2.26. The number of carboxylic acids is 1. The zero-order valence-corrected chi connectivity index (χ0v) is 18.8. The number of carbonyl (C=O) groups is 2. The van der Waals surface area contributed by atoms with Crippen LogP contribution in [0, 0.1) is 5.92 Å². The fourth-order valence-electron chi connectivity index (χ4n) is 4.06. The van der Waals surface area contributed by atoms with Gasteiger partial charge in [0.05, 0.1) is 6.10 Å². The van der Waals surface area contributed by atoms with Crippen LogP contribution in [-0.4, -0.2) is 45.7 Å². The Morgan fingerprint density at radius 3 is 2.71 bits per heavy atom. The molecule has 2 aromatic rings. The lowest BCUT2D eigenvalue weighted by Crippen LogP contribution is -2.34. The summed E-state index contributed by atoms with van der Waals surface area (Å²) in [6, 6.07) is 13.9. The van der Waals surface area contributed by atoms with Gasteiger partial charge >= 0.3 is 5.97 Å². The molecule has 3 rings (SSSR count). The second-order valence-corrected chi connectivity index (χ2v) is 9.41. The van der Waals surface area contributed by atoms with Crippen molar-refractivity contribution >= 4 is 29.3 Å². The zero-order chi connectivity index (χ0) is 22.2. The SMILES string of the molecule is C[C@@H](CCc1ccccc1)[C@H](O)CC[C@H]1CCC(=O)N1CC=Cc1ccc(C(=O)O)s1. The topological polar surface area (TPSA) is 77.8 Å². The first kappa shape index (κ1) is 23.2. The third kappa shape index (κ3) is 6.77. The maximum atomic E-state index is 12.3. The lowest BCUT2D eigenvalue weighted by atomic mass is 9.92. The quantitative estimate of drug-likeness (QED) is 0.522. The van der Waals surface area contributed by atoms with Crippen molar-refractivity contribution in [3.05, 3.63) is 63.9 Å². The molecule has 3 atom stereocenters. The van der Waals surface area contributed by atoms with Crippen molar-refractivity contribution in [2.45, 2.75) is 57.6 Å². The van der Waals surface area contributed by atoms with Crippen molar-refractivity contribution in [1.29, 1.82) is 0 Å². The van der Waals surface area contributed by atoms with Crippen molar-refractivity contribution in [2.75, 3.05) is 6.54 Å². The minimum atomic E-state index is -0.920. The summed E-state index contributed by atoms with van der Waals surface area (Å²) in [5.74, 6) is -0.553. The van der Waals surface area contributed by atoms with Gasteiger partial charge in [-0.25, -0.2) is 4.79 Å². The van der Waals surface area contributed by atoms with Crippen LogP contribution in [0.25, 0.3) is 6.08 Å². The number of aryl methyl sites for hydroxylation is 1. The van der Waals surface area contributed by atoms with Crippen LogP contribution in [0.4, 0.5) is 0 Å². The molecule has 2 N–H and O–H groups in total. The molecule has 1 saturated heterocycles. The van der Waals surface area contributed by atoms with Gasteiger partial charge in [-0.1, -0.05) is 43.3 Å². The summed E-state index contributed by atoms with van der Waals surface area (Å²) < 4.78 is 0. The van der Waals surface area contributed by atoms with Crippen molar-refractivity contribution in [3.63, 3.8) is 0 Å². The summed E-state index contributed by atoms with van der Waals surface area (Å²) in [4.78, 5) is 26.4. The smallest absolute Gasteiger partial charge is 0.345 e. The number of thiophene rings is 1. The first-order valence-electron chi connectivity index (χ1n) is 10.9. The van der Waals surface area contributed by atoms with Crippen molar-refractivity contribution in [1.82, 2.24) is 4.90 Å². The zero-order valence-electron chi connectivity index (χ0n) is 17.9. The Bertz CT molecular complexity index is 892. The number of carbonyl (C=O) groups excluding carboxylic acids is 1. The largest absolute Gasteiger partial charge is 0.477 e. The van der Waals surface area contributed by atoms with Gasteiger partial charge in [-0.3, -0.25) is 4.79 Å². The molecule has 1 aliphatic rings. The van der Waals surface area contributed by atoms with Gasteiger partial charge in [-0.2, -0.15) is 0 Å². The molecule has 1 aromatic heterocycles. The highest BCUT2D eigenvalue weighted by Gasteiger charge is 2.30. The van der Waals surface area contributed by atoms with Gasteiger partial charge in [0.2, 0.25) is 5.91 Å². The summed E-state index contributed by atoms with van der Waals surface area (Å²) in [5, 5.41) is 19.6. The molecule has 1 amide bonds. The van der Waals surface area contributed by atoms with E-state index in [0.29, 0.717) is 24.3 Å². The number of carboxylic acid groups (broad SMARTS) is 1. The standard InChI is InChI=1S/C25H31NO4S/c1-18(9-10-19-6-3-2-4-7-19)22(27)14-11-20-12-16-24(28)26(20)17-5-8-21-13-15-23(31-21)25(29)30/h2-8,13,15,18,20,22,27H,9-12,14,16-17H2,1H3,(H,29,30)/t18-,20-,22+/m0/s1. The predicted octanol–water partition coefficient (Wildman–Crippen LogP) is 4.86. The number of hydrogen-bond donors (Lipinski definition) is 2. The first-order chi connectivity index (χ1) is 14.9. The lowest BCUT2D eigenvalue weighted by Gasteiger charge is -2.26. The monoisotopic (exact) mass is 441 g/mol. The molecule has 0 saturated carbocycles. The second kappa shape index (κ2) is 11.3. The average molecular weight is 442 g/mol. The fraction of sp³-hybridized carbons (Fsp3) is 0.440. The molecule has 0 aliphatic carbocycles. The lowest BCUT2D eigenvalue weighted by molar-refractivity contribution is -0.128. The van der Waals surface area contributed by atoms with Crippen LogP contribution in [-0.2, 0) is 11.2 Å². The van der Waals surface area contributed by atoms with E-state index in [4.69, 9.17) is 5.11 Å². The predicted molar refractivity (Wildman–Crippen MR) is 124 cm³/mol. The van der Waals surface area contributed by atoms with Crippen LogP contribution in [0.2, 0.25) is 0 Å². The summed E-state index contributed by atoms with van der Waals surface area (Å²) >= 11 is 1.22. The normalized spacial score (nSPS) is 18.6. The molecule has 0 spiro atoms. The number of rotatable bonds is 11. The number of hydrogen-bond acceptors (Lipinski definition) is 4. The summed E-state index contributed by atoms with van der Waals surface area (Å²) in [6.45, 7) is 2.61. The van der Waals surface area contributed by atoms with E-state index in [2.05, 4.69) is 19.1 Å². The van der Waals surface area contributed by atoms with E-state index < -0.39 is 5.97 Å². The highest BCUT2D eigenvalue weighted by molar-refractivity contribution is 7.14. The van der Waals surface area contributed by atoms with E-state index in [1.165, 1.54) is 16.9 Å². The Morgan fingerprint density at radius 1 is 1.23 bits per heavy atom.